The Kier molecular flexibility index (Phi) is 9.46. The maximum Gasteiger partial charge on any atom is 0.236 e. The molecule has 46 heavy (non-hydrogen) atoms. The Bertz CT molecular complexity index is 1710. The van der Waals surface area contributed by atoms with E-state index in [1.807, 2.05) is 24.3 Å². The second-order valence-electron chi connectivity index (χ2n) is 10.7. The van der Waals surface area contributed by atoms with Gasteiger partial charge >= 0.3 is 0 Å². The molecule has 0 amide bonds. The van der Waals surface area contributed by atoms with Crippen molar-refractivity contribution < 1.29 is 18.9 Å². The van der Waals surface area contributed by atoms with E-state index in [1.165, 1.54) is 0 Å². The van der Waals surface area contributed by atoms with Gasteiger partial charge in [-0.25, -0.2) is 0 Å². The fourth-order valence-electron chi connectivity index (χ4n) is 5.48. The van der Waals surface area contributed by atoms with Crippen LogP contribution in [0.5, 0.6) is 23.5 Å². The molecule has 0 saturated carbocycles. The SMILES string of the molecule is COc1nc(OCc2cccc(-c3cccc(COc4nc(OC)c(C5=NCCN5)cc4Cl)c3C)c2C)c(Cl)cc1C1=NCCN1. The van der Waals surface area contributed by atoms with Crippen molar-refractivity contribution in [2.45, 2.75) is 27.1 Å². The molecule has 0 bridgehead atoms. The van der Waals surface area contributed by atoms with Crippen LogP contribution < -0.4 is 29.6 Å². The largest absolute Gasteiger partial charge is 0.480 e. The van der Waals surface area contributed by atoms with Crippen molar-refractivity contribution in [2.24, 2.45) is 9.98 Å². The topological polar surface area (TPSA) is 111 Å². The van der Waals surface area contributed by atoms with Crippen LogP contribution in [0.25, 0.3) is 11.1 Å². The van der Waals surface area contributed by atoms with E-state index in [1.54, 1.807) is 26.4 Å². The molecule has 2 aliphatic heterocycles. The van der Waals surface area contributed by atoms with E-state index >= 15 is 0 Å². The average Bonchev–Trinajstić information content (AvgIpc) is 3.80. The van der Waals surface area contributed by atoms with Gasteiger partial charge in [0.25, 0.3) is 0 Å². The lowest BCUT2D eigenvalue weighted by atomic mass is 9.92. The van der Waals surface area contributed by atoms with E-state index < -0.39 is 0 Å². The number of ether oxygens (including phenoxy) is 4. The Morgan fingerprint density at radius 3 is 1.43 bits per heavy atom. The summed E-state index contributed by atoms with van der Waals surface area (Å²) in [6.45, 7) is 7.65. The first-order chi connectivity index (χ1) is 22.4. The van der Waals surface area contributed by atoms with Gasteiger partial charge in [-0.15, -0.1) is 0 Å². The van der Waals surface area contributed by atoms with E-state index in [4.69, 9.17) is 42.1 Å². The highest BCUT2D eigenvalue weighted by Crippen LogP contribution is 2.34. The normalized spacial score (nSPS) is 13.9. The van der Waals surface area contributed by atoms with Crippen molar-refractivity contribution in [2.75, 3.05) is 40.4 Å². The number of hydrogen-bond donors (Lipinski definition) is 2. The number of aliphatic imine (C=N–C) groups is 2. The van der Waals surface area contributed by atoms with Gasteiger partial charge in [0.1, 0.15) is 34.9 Å². The Hall–Kier alpha value is -4.54. The summed E-state index contributed by atoms with van der Waals surface area (Å²) in [5.74, 6) is 2.83. The zero-order valence-electron chi connectivity index (χ0n) is 26.0. The monoisotopic (exact) mass is 660 g/mol. The Labute approximate surface area is 277 Å². The first-order valence-electron chi connectivity index (χ1n) is 14.9. The lowest BCUT2D eigenvalue weighted by Crippen LogP contribution is -2.20. The van der Waals surface area contributed by atoms with Gasteiger partial charge in [-0.2, -0.15) is 9.97 Å². The van der Waals surface area contributed by atoms with Crippen molar-refractivity contribution in [1.29, 1.82) is 0 Å². The number of rotatable bonds is 11. The first-order valence-corrected chi connectivity index (χ1v) is 15.6. The van der Waals surface area contributed by atoms with E-state index in [-0.39, 0.29) is 13.2 Å². The Balaban J connectivity index is 1.20. The van der Waals surface area contributed by atoms with Crippen LogP contribution in [0.2, 0.25) is 10.0 Å². The van der Waals surface area contributed by atoms with Crippen LogP contribution in [-0.4, -0.2) is 62.0 Å². The molecule has 10 nitrogen and oxygen atoms in total. The van der Waals surface area contributed by atoms with E-state index in [9.17, 15) is 0 Å². The number of nitrogens with zero attached hydrogens (tertiary/aromatic N) is 4. The van der Waals surface area contributed by atoms with Crippen molar-refractivity contribution in [1.82, 2.24) is 20.6 Å². The van der Waals surface area contributed by atoms with Gasteiger partial charge in [0.15, 0.2) is 0 Å². The number of methoxy groups -OCH3 is 2. The Morgan fingerprint density at radius 1 is 0.630 bits per heavy atom. The standard InChI is InChI=1S/C34H34Cl2N6O4/c1-19-21(17-45-33-27(35)15-25(31(41-33)43-3)29-37-11-12-38-29)7-5-9-23(19)24-10-6-8-22(20(24)2)18-46-34-28(36)16-26(32(42-34)44-4)30-39-13-14-40-30/h5-10,15-16H,11-14,17-18H2,1-4H3,(H,37,38)(H,39,40). The second kappa shape index (κ2) is 13.8. The first kappa shape index (κ1) is 31.4. The molecule has 2 aliphatic rings. The van der Waals surface area contributed by atoms with E-state index in [2.05, 4.69) is 56.6 Å². The molecule has 4 aromatic rings. The van der Waals surface area contributed by atoms with Crippen LogP contribution in [0.3, 0.4) is 0 Å². The van der Waals surface area contributed by atoms with Crippen molar-refractivity contribution >= 4 is 34.9 Å². The molecule has 0 fully saturated rings. The summed E-state index contributed by atoms with van der Waals surface area (Å²) in [6, 6.07) is 15.9. The number of hydrogen-bond acceptors (Lipinski definition) is 10. The average molecular weight is 662 g/mol. The molecule has 0 aliphatic carbocycles. The summed E-state index contributed by atoms with van der Waals surface area (Å²) < 4.78 is 23.3. The van der Waals surface area contributed by atoms with Gasteiger partial charge in [-0.3, -0.25) is 9.98 Å². The van der Waals surface area contributed by atoms with Gasteiger partial charge in [-0.1, -0.05) is 59.6 Å². The second-order valence-corrected chi connectivity index (χ2v) is 11.5. The molecular weight excluding hydrogens is 627 g/mol. The third-order valence-corrected chi connectivity index (χ3v) is 8.52. The summed E-state index contributed by atoms with van der Waals surface area (Å²) in [6.07, 6.45) is 0. The van der Waals surface area contributed by atoms with Gasteiger partial charge in [0.05, 0.1) is 38.4 Å². The van der Waals surface area contributed by atoms with Gasteiger partial charge < -0.3 is 29.6 Å². The molecule has 6 rings (SSSR count). The predicted molar refractivity (Wildman–Crippen MR) is 180 cm³/mol. The smallest absolute Gasteiger partial charge is 0.236 e. The number of halogens is 2. The lowest BCUT2D eigenvalue weighted by Gasteiger charge is -2.17. The summed E-state index contributed by atoms with van der Waals surface area (Å²) in [7, 11) is 3.13. The zero-order chi connectivity index (χ0) is 32.2. The van der Waals surface area contributed by atoms with Crippen LogP contribution in [0.15, 0.2) is 58.5 Å². The molecule has 238 valence electrons. The van der Waals surface area contributed by atoms with E-state index in [0.29, 0.717) is 69.5 Å². The summed E-state index contributed by atoms with van der Waals surface area (Å²) in [5.41, 5.74) is 7.77. The van der Waals surface area contributed by atoms with Gasteiger partial charge in [0, 0.05) is 13.1 Å². The minimum absolute atomic E-state index is 0.278. The molecule has 0 atom stereocenters. The summed E-state index contributed by atoms with van der Waals surface area (Å²) in [4.78, 5) is 18.0. The van der Waals surface area contributed by atoms with Crippen molar-refractivity contribution in [3.63, 3.8) is 0 Å². The van der Waals surface area contributed by atoms with Crippen LogP contribution in [-0.2, 0) is 13.2 Å². The maximum atomic E-state index is 6.58. The van der Waals surface area contributed by atoms with Crippen LogP contribution >= 0.6 is 23.2 Å². The highest BCUT2D eigenvalue weighted by molar-refractivity contribution is 6.32. The maximum absolute atomic E-state index is 6.58. The number of aromatic nitrogens is 2. The zero-order valence-corrected chi connectivity index (χ0v) is 27.6. The molecule has 2 aromatic heterocycles. The fraction of sp³-hybridized carbons (Fsp3) is 0.294. The highest BCUT2D eigenvalue weighted by Gasteiger charge is 2.21. The third-order valence-electron chi connectivity index (χ3n) is 7.97. The number of pyridine rings is 2. The van der Waals surface area contributed by atoms with Gasteiger partial charge in [0.2, 0.25) is 23.5 Å². The molecule has 0 spiro atoms. The minimum atomic E-state index is 0.278. The molecule has 0 saturated heterocycles. The fourth-order valence-corrected chi connectivity index (χ4v) is 5.89. The summed E-state index contributed by atoms with van der Waals surface area (Å²) in [5, 5.41) is 7.22. The lowest BCUT2D eigenvalue weighted by molar-refractivity contribution is 0.286. The molecule has 4 heterocycles. The van der Waals surface area contributed by atoms with Gasteiger partial charge in [-0.05, 0) is 59.4 Å². The molecule has 0 unspecified atom stereocenters. The molecule has 2 aromatic carbocycles. The van der Waals surface area contributed by atoms with Crippen LogP contribution in [0.4, 0.5) is 0 Å². The Morgan fingerprint density at radius 2 is 1.07 bits per heavy atom. The molecule has 12 heteroatoms. The highest BCUT2D eigenvalue weighted by atomic mass is 35.5. The molecule has 2 N–H and O–H groups in total. The van der Waals surface area contributed by atoms with E-state index in [0.717, 1.165) is 46.5 Å². The van der Waals surface area contributed by atoms with Crippen molar-refractivity contribution in [3.05, 3.63) is 92.0 Å². The van der Waals surface area contributed by atoms with Crippen LogP contribution in [0.1, 0.15) is 33.4 Å². The summed E-state index contributed by atoms with van der Waals surface area (Å²) >= 11 is 13.2. The quantitative estimate of drug-likeness (QED) is 0.203. The number of benzene rings is 2. The number of amidine groups is 2. The van der Waals surface area contributed by atoms with Crippen LogP contribution in [0, 0.1) is 13.8 Å². The molecular formula is C34H34Cl2N6O4. The number of nitrogens with one attached hydrogen (secondary N) is 2. The van der Waals surface area contributed by atoms with Crippen molar-refractivity contribution in [3.8, 4) is 34.6 Å². The third kappa shape index (κ3) is 6.41. The minimum Gasteiger partial charge on any atom is -0.480 e. The predicted octanol–water partition coefficient (Wildman–Crippen LogP) is 5.94. The molecule has 0 radical (unpaired) electrons.